The van der Waals surface area contributed by atoms with Gasteiger partial charge in [0.2, 0.25) is 0 Å². The third kappa shape index (κ3) is 19.6. The Labute approximate surface area is 524 Å². The first-order valence-corrected chi connectivity index (χ1v) is 27.6. The van der Waals surface area contributed by atoms with Crippen molar-refractivity contribution in [2.75, 3.05) is 33.9 Å². The SMILES string of the molecule is O=C(Nc1c(Br)cc(C(C(F)(F)F)C(F)(F)F)cc1OC(F)F)c1cccc(NCC2CC2)c1F.[C-]#[N+]c1ccc(C(=O)Cl)cc1.[C-]#[N+]c1ccc(C(=O)N(CC2CC2)c2cccc(C(=O)Nc3c(Br)cc(C(C(F)(F)F)C(F)(F)F)cc3OC(F)F)c2F)cc1. The molecular weight excluding hydrogens is 1410 g/mol. The van der Waals surface area contributed by atoms with E-state index in [4.69, 9.17) is 24.7 Å². The number of nitrogens with one attached hydrogen (secondary N) is 3. The van der Waals surface area contributed by atoms with E-state index in [2.05, 4.69) is 56.3 Å². The lowest BCUT2D eigenvalue weighted by Gasteiger charge is -2.25. The van der Waals surface area contributed by atoms with Gasteiger partial charge in [-0.25, -0.2) is 18.5 Å². The van der Waals surface area contributed by atoms with Crippen LogP contribution in [-0.2, 0) is 0 Å². The number of halogens is 21. The minimum atomic E-state index is -5.86. The van der Waals surface area contributed by atoms with Crippen molar-refractivity contribution in [3.63, 3.8) is 0 Å². The van der Waals surface area contributed by atoms with E-state index in [1.807, 2.05) is 10.6 Å². The molecule has 6 aromatic carbocycles. The summed E-state index contributed by atoms with van der Waals surface area (Å²) in [5, 5.41) is 6.35. The summed E-state index contributed by atoms with van der Waals surface area (Å²) >= 11 is 10.6. The largest absolute Gasteiger partial charge is 0.433 e. The Morgan fingerprint density at radius 1 is 0.571 bits per heavy atom. The normalized spacial score (nSPS) is 13.3. The molecule has 6 aromatic rings. The van der Waals surface area contributed by atoms with Crippen molar-refractivity contribution >= 4 is 101 Å². The van der Waals surface area contributed by atoms with Crippen LogP contribution in [0, 0.1) is 36.6 Å². The highest BCUT2D eigenvalue weighted by Crippen LogP contribution is 2.51. The Kier molecular flexibility index (Phi) is 23.5. The Morgan fingerprint density at radius 3 is 1.34 bits per heavy atom. The van der Waals surface area contributed by atoms with E-state index >= 15 is 4.39 Å². The summed E-state index contributed by atoms with van der Waals surface area (Å²) in [7, 11) is 0. The summed E-state index contributed by atoms with van der Waals surface area (Å²) in [5.74, 6) is -15.5. The second-order valence-corrected chi connectivity index (χ2v) is 21.6. The number of amides is 3. The molecule has 0 saturated heterocycles. The molecule has 12 nitrogen and oxygen atoms in total. The van der Waals surface area contributed by atoms with Crippen LogP contribution in [0.4, 0.5) is 113 Å². The van der Waals surface area contributed by atoms with Crippen molar-refractivity contribution < 1.29 is 108 Å². The fraction of sp³-hybridized carbons (Fsp3) is 0.276. The molecule has 2 aliphatic carbocycles. The number of nitrogens with zero attached hydrogens (tertiary/aromatic N) is 3. The van der Waals surface area contributed by atoms with Gasteiger partial charge in [0, 0.05) is 33.2 Å². The third-order valence-electron chi connectivity index (χ3n) is 12.9. The topological polar surface area (TPSA) is 135 Å². The van der Waals surface area contributed by atoms with Crippen molar-refractivity contribution in [2.45, 2.75) is 75.4 Å². The van der Waals surface area contributed by atoms with Gasteiger partial charge in [-0.05, 0) is 141 Å². The molecule has 0 heterocycles. The highest BCUT2D eigenvalue weighted by atomic mass is 79.9. The summed E-state index contributed by atoms with van der Waals surface area (Å²) in [6.07, 6.45) is -19.9. The van der Waals surface area contributed by atoms with Gasteiger partial charge in [0.25, 0.3) is 23.0 Å². The minimum absolute atomic E-state index is 0.0128. The average molecular weight is 1450 g/mol. The molecule has 8 rings (SSSR count). The molecule has 33 heteroatoms. The van der Waals surface area contributed by atoms with Gasteiger partial charge >= 0.3 is 37.9 Å². The van der Waals surface area contributed by atoms with Crippen molar-refractivity contribution in [2.24, 2.45) is 11.8 Å². The molecule has 0 atom stereocenters. The number of ether oxygens (including phenoxy) is 2. The van der Waals surface area contributed by atoms with Crippen LogP contribution in [0.1, 0.15) is 90.1 Å². The number of hydrogen-bond donors (Lipinski definition) is 3. The molecular formula is C58H39Br2ClF18N6O6. The van der Waals surface area contributed by atoms with Gasteiger partial charge in [0.1, 0.15) is 0 Å². The van der Waals surface area contributed by atoms with Crippen molar-refractivity contribution in [1.29, 1.82) is 0 Å². The Bertz CT molecular complexity index is 3690. The molecule has 3 amide bonds. The molecule has 0 radical (unpaired) electrons. The van der Waals surface area contributed by atoms with Crippen molar-refractivity contribution in [1.82, 2.24) is 0 Å². The van der Waals surface area contributed by atoms with Gasteiger partial charge in [-0.15, -0.1) is 0 Å². The minimum Gasteiger partial charge on any atom is -0.433 e. The van der Waals surface area contributed by atoms with Crippen molar-refractivity contribution in [3.05, 3.63) is 186 Å². The maximum Gasteiger partial charge on any atom is 0.404 e. The Balaban J connectivity index is 0.000000253. The van der Waals surface area contributed by atoms with Gasteiger partial charge in [-0.3, -0.25) is 19.2 Å². The Hall–Kier alpha value is -8.23. The lowest BCUT2D eigenvalue weighted by Crippen LogP contribution is -2.34. The fourth-order valence-corrected chi connectivity index (χ4v) is 9.56. The lowest BCUT2D eigenvalue weighted by atomic mass is 9.97. The molecule has 0 aliphatic heterocycles. The van der Waals surface area contributed by atoms with Crippen LogP contribution in [0.25, 0.3) is 9.69 Å². The fourth-order valence-electron chi connectivity index (χ4n) is 8.32. The highest BCUT2D eigenvalue weighted by molar-refractivity contribution is 9.11. The molecule has 2 saturated carbocycles. The van der Waals surface area contributed by atoms with Crippen LogP contribution in [-0.4, -0.2) is 74.0 Å². The molecule has 2 fully saturated rings. The summed E-state index contributed by atoms with van der Waals surface area (Å²) in [4.78, 5) is 57.3. The van der Waals surface area contributed by atoms with E-state index in [1.54, 1.807) is 12.1 Å². The first kappa shape index (κ1) is 71.8. The van der Waals surface area contributed by atoms with Gasteiger partial charge in [0.15, 0.2) is 46.3 Å². The monoisotopic (exact) mass is 1450 g/mol. The molecule has 484 valence electrons. The predicted octanol–water partition coefficient (Wildman–Crippen LogP) is 19.3. The highest BCUT2D eigenvalue weighted by Gasteiger charge is 2.59. The molecule has 0 unspecified atom stereocenters. The van der Waals surface area contributed by atoms with E-state index in [0.29, 0.717) is 35.8 Å². The first-order chi connectivity index (χ1) is 42.4. The molecule has 2 aliphatic rings. The molecule has 0 aromatic heterocycles. The van der Waals surface area contributed by atoms with Gasteiger partial charge in [-0.1, -0.05) is 60.7 Å². The van der Waals surface area contributed by atoms with Crippen LogP contribution >= 0.6 is 43.5 Å². The van der Waals surface area contributed by atoms with E-state index in [-0.39, 0.29) is 47.2 Å². The summed E-state index contributed by atoms with van der Waals surface area (Å²) in [6.45, 7) is 6.83. The second kappa shape index (κ2) is 29.8. The van der Waals surface area contributed by atoms with E-state index < -0.39 is 138 Å². The number of carbonyl (C=O) groups is 4. The zero-order valence-electron chi connectivity index (χ0n) is 45.3. The zero-order chi connectivity index (χ0) is 67.7. The summed E-state index contributed by atoms with van der Waals surface area (Å²) < 4.78 is 248. The van der Waals surface area contributed by atoms with Crippen molar-refractivity contribution in [3.8, 4) is 11.5 Å². The second-order valence-electron chi connectivity index (χ2n) is 19.5. The lowest BCUT2D eigenvalue weighted by molar-refractivity contribution is -0.255. The number of carbonyl (C=O) groups excluding carboxylic acids is 4. The first-order valence-electron chi connectivity index (χ1n) is 25.7. The maximum atomic E-state index is 15.9. The van der Waals surface area contributed by atoms with E-state index in [0.717, 1.165) is 42.7 Å². The standard InChI is InChI=1S/C29H19BrF9N3O3.C21H16BrF9N2O2.C8H4ClNO/c1-40-17-9-7-15(8-10-17)26(44)42(13-14-5-6-14)20-4-2-3-18(22(20)31)25(43)41-23-19(30)11-16(12-21(23)45-27(32)33)24(28(34,35)36)29(37,38)39;22-12-6-10(17(20(26,27)28)21(29,30)31)7-14(35-19(24)25)16(12)33-18(34)11-2-1-3-13(15(11)23)32-8-9-4-5-9;1-10-7-4-2-6(3-5-7)8(9)11/h2-4,7-12,14,24,27H,5-6,13H2,(H,41,43);1-3,6-7,9,17,19,32H,4-5,8H2,(H,33,34);2-5H. The number of alkyl halides is 16. The van der Waals surface area contributed by atoms with Crippen LogP contribution in [0.15, 0.2) is 118 Å². The van der Waals surface area contributed by atoms with Crippen LogP contribution in [0.3, 0.4) is 0 Å². The summed E-state index contributed by atoms with van der Waals surface area (Å²) in [5.41, 5.74) is -4.80. The Morgan fingerprint density at radius 2 is 0.967 bits per heavy atom. The van der Waals surface area contributed by atoms with E-state index in [1.165, 1.54) is 60.7 Å². The maximum absolute atomic E-state index is 15.9. The number of rotatable bonds is 18. The third-order valence-corrected chi connectivity index (χ3v) is 14.4. The average Bonchev–Trinajstić information content (AvgIpc) is 1.83. The predicted molar refractivity (Wildman–Crippen MR) is 301 cm³/mol. The van der Waals surface area contributed by atoms with Crippen LogP contribution in [0.5, 0.6) is 11.5 Å². The van der Waals surface area contributed by atoms with Gasteiger partial charge in [0.05, 0.1) is 47.0 Å². The molecule has 3 N–H and O–H groups in total. The van der Waals surface area contributed by atoms with Gasteiger partial charge < -0.3 is 30.3 Å². The molecule has 0 bridgehead atoms. The number of anilines is 4. The number of benzene rings is 6. The zero-order valence-corrected chi connectivity index (χ0v) is 49.3. The number of hydrogen-bond acceptors (Lipinski definition) is 7. The smallest absolute Gasteiger partial charge is 0.404 e. The van der Waals surface area contributed by atoms with Gasteiger partial charge in [-0.2, -0.15) is 70.2 Å². The quantitative estimate of drug-likeness (QED) is 0.0443. The molecule has 91 heavy (non-hydrogen) atoms. The van der Waals surface area contributed by atoms with Crippen LogP contribution < -0.4 is 30.3 Å². The van der Waals surface area contributed by atoms with E-state index in [9.17, 15) is 93.8 Å². The van der Waals surface area contributed by atoms with Crippen LogP contribution in [0.2, 0.25) is 0 Å². The molecule has 0 spiro atoms. The summed E-state index contributed by atoms with van der Waals surface area (Å²) in [6, 6.07) is 19.7.